The molecule has 0 aliphatic carbocycles. The Labute approximate surface area is 93.1 Å². The van der Waals surface area contributed by atoms with Crippen LogP contribution in [0.4, 0.5) is 0 Å². The fourth-order valence-corrected chi connectivity index (χ4v) is 1.47. The molecule has 0 aromatic heterocycles. The Balaban J connectivity index is 2.89. The Hall–Kier alpha value is -0.810. The molecule has 84 valence electrons. The van der Waals surface area contributed by atoms with Gasteiger partial charge in [-0.15, -0.1) is 0 Å². The predicted molar refractivity (Wildman–Crippen MR) is 58.0 cm³/mol. The van der Waals surface area contributed by atoms with Crippen molar-refractivity contribution in [3.05, 3.63) is 28.8 Å². The second-order valence-corrected chi connectivity index (χ2v) is 3.71. The van der Waals surface area contributed by atoms with Crippen LogP contribution in [0.5, 0.6) is 5.75 Å². The topological polar surface area (TPSA) is 72.7 Å². The largest absolute Gasteiger partial charge is 0.508 e. The molecule has 0 heterocycles. The third kappa shape index (κ3) is 3.07. The quantitative estimate of drug-likeness (QED) is 0.614. The van der Waals surface area contributed by atoms with Gasteiger partial charge in [-0.25, -0.2) is 0 Å². The van der Waals surface area contributed by atoms with Gasteiger partial charge >= 0.3 is 0 Å². The summed E-state index contributed by atoms with van der Waals surface area (Å²) in [5.74, 6) is -0.0814. The zero-order valence-electron chi connectivity index (χ0n) is 8.31. The first-order valence-electron chi connectivity index (χ1n) is 4.55. The smallest absolute Gasteiger partial charge is 0.121 e. The lowest BCUT2D eigenvalue weighted by molar-refractivity contribution is 0.0189. The Morgan fingerprint density at radius 1 is 1.40 bits per heavy atom. The number of likely N-dealkylation sites (N-methyl/N-ethyl adjacent to an activating group) is 1. The van der Waals surface area contributed by atoms with Crippen molar-refractivity contribution < 1.29 is 15.3 Å². The molecule has 4 N–H and O–H groups in total. The van der Waals surface area contributed by atoms with Gasteiger partial charge in [-0.3, -0.25) is 0 Å². The SMILES string of the molecule is CNCC(O)C(O)c1cc(Cl)ccc1O. The molecule has 2 atom stereocenters. The summed E-state index contributed by atoms with van der Waals surface area (Å²) in [5, 5.41) is 31.8. The lowest BCUT2D eigenvalue weighted by Crippen LogP contribution is -2.29. The van der Waals surface area contributed by atoms with E-state index in [0.29, 0.717) is 5.02 Å². The Morgan fingerprint density at radius 3 is 2.67 bits per heavy atom. The lowest BCUT2D eigenvalue weighted by Gasteiger charge is -2.18. The normalized spacial score (nSPS) is 14.9. The van der Waals surface area contributed by atoms with Crippen LogP contribution in [-0.4, -0.2) is 35.0 Å². The summed E-state index contributed by atoms with van der Waals surface area (Å²) in [5.41, 5.74) is 0.227. The van der Waals surface area contributed by atoms with Crippen LogP contribution in [0.25, 0.3) is 0 Å². The zero-order chi connectivity index (χ0) is 11.4. The van der Waals surface area contributed by atoms with Crippen molar-refractivity contribution in [3.63, 3.8) is 0 Å². The number of hydrogen-bond acceptors (Lipinski definition) is 4. The molecule has 0 amide bonds. The third-order valence-corrected chi connectivity index (χ3v) is 2.32. The zero-order valence-corrected chi connectivity index (χ0v) is 9.07. The number of nitrogens with one attached hydrogen (secondary N) is 1. The van der Waals surface area contributed by atoms with E-state index in [2.05, 4.69) is 5.32 Å². The minimum Gasteiger partial charge on any atom is -0.508 e. The summed E-state index contributed by atoms with van der Waals surface area (Å²) >= 11 is 5.72. The van der Waals surface area contributed by atoms with Crippen LogP contribution in [0.3, 0.4) is 0 Å². The molecule has 2 unspecified atom stereocenters. The second kappa shape index (κ2) is 5.32. The highest BCUT2D eigenvalue weighted by Gasteiger charge is 2.20. The van der Waals surface area contributed by atoms with Gasteiger partial charge in [0.1, 0.15) is 11.9 Å². The van der Waals surface area contributed by atoms with Crippen molar-refractivity contribution in [3.8, 4) is 5.75 Å². The Bertz CT molecular complexity index is 332. The van der Waals surface area contributed by atoms with Crippen LogP contribution in [0.1, 0.15) is 11.7 Å². The molecule has 0 saturated heterocycles. The van der Waals surface area contributed by atoms with Crippen LogP contribution in [0, 0.1) is 0 Å². The number of aliphatic hydroxyl groups is 2. The summed E-state index contributed by atoms with van der Waals surface area (Å²) in [7, 11) is 1.66. The molecule has 0 aliphatic heterocycles. The fraction of sp³-hybridized carbons (Fsp3) is 0.400. The molecule has 0 radical (unpaired) electrons. The molecule has 1 aromatic carbocycles. The fourth-order valence-electron chi connectivity index (χ4n) is 1.29. The standard InChI is InChI=1S/C10H14ClNO3/c1-12-5-9(14)10(15)7-4-6(11)2-3-8(7)13/h2-4,9-10,12-15H,5H2,1H3. The van der Waals surface area contributed by atoms with Gasteiger partial charge in [0.2, 0.25) is 0 Å². The van der Waals surface area contributed by atoms with Gasteiger partial charge in [0.15, 0.2) is 0 Å². The van der Waals surface area contributed by atoms with E-state index in [1.54, 1.807) is 7.05 Å². The van der Waals surface area contributed by atoms with E-state index in [9.17, 15) is 15.3 Å². The number of phenols is 1. The van der Waals surface area contributed by atoms with E-state index in [-0.39, 0.29) is 17.9 Å². The van der Waals surface area contributed by atoms with Gasteiger partial charge in [0.05, 0.1) is 6.10 Å². The van der Waals surface area contributed by atoms with Crippen LogP contribution in [0.2, 0.25) is 5.02 Å². The van der Waals surface area contributed by atoms with Crippen molar-refractivity contribution in [1.82, 2.24) is 5.32 Å². The number of benzene rings is 1. The molecule has 5 heteroatoms. The minimum atomic E-state index is -1.16. The van der Waals surface area contributed by atoms with E-state index in [1.807, 2.05) is 0 Å². The highest BCUT2D eigenvalue weighted by atomic mass is 35.5. The summed E-state index contributed by atoms with van der Waals surface area (Å²) in [6.07, 6.45) is -2.14. The summed E-state index contributed by atoms with van der Waals surface area (Å²) < 4.78 is 0. The summed E-state index contributed by atoms with van der Waals surface area (Å²) in [6, 6.07) is 4.32. The Kier molecular flexibility index (Phi) is 4.35. The number of halogens is 1. The number of rotatable bonds is 4. The maximum absolute atomic E-state index is 9.72. The molecule has 0 fully saturated rings. The van der Waals surface area contributed by atoms with Crippen LogP contribution in [0.15, 0.2) is 18.2 Å². The second-order valence-electron chi connectivity index (χ2n) is 3.27. The van der Waals surface area contributed by atoms with Gasteiger partial charge in [0.25, 0.3) is 0 Å². The molecule has 0 bridgehead atoms. The molecule has 4 nitrogen and oxygen atoms in total. The van der Waals surface area contributed by atoms with Crippen molar-refractivity contribution in [2.75, 3.05) is 13.6 Å². The molecule has 1 rings (SSSR count). The lowest BCUT2D eigenvalue weighted by atomic mass is 10.0. The average molecular weight is 232 g/mol. The number of aromatic hydroxyl groups is 1. The van der Waals surface area contributed by atoms with Gasteiger partial charge < -0.3 is 20.6 Å². The van der Waals surface area contributed by atoms with Crippen molar-refractivity contribution >= 4 is 11.6 Å². The van der Waals surface area contributed by atoms with E-state index < -0.39 is 12.2 Å². The van der Waals surface area contributed by atoms with Crippen molar-refractivity contribution in [2.24, 2.45) is 0 Å². The molecular formula is C10H14ClNO3. The number of phenolic OH excluding ortho intramolecular Hbond substituents is 1. The van der Waals surface area contributed by atoms with Crippen LogP contribution in [-0.2, 0) is 0 Å². The van der Waals surface area contributed by atoms with Crippen molar-refractivity contribution in [1.29, 1.82) is 0 Å². The molecule has 1 aromatic rings. The van der Waals surface area contributed by atoms with E-state index >= 15 is 0 Å². The van der Waals surface area contributed by atoms with Gasteiger partial charge in [-0.05, 0) is 25.2 Å². The third-order valence-electron chi connectivity index (χ3n) is 2.09. The van der Waals surface area contributed by atoms with Gasteiger partial charge in [-0.2, -0.15) is 0 Å². The van der Waals surface area contributed by atoms with Crippen molar-refractivity contribution in [2.45, 2.75) is 12.2 Å². The molecule has 0 spiro atoms. The number of hydrogen-bond donors (Lipinski definition) is 4. The maximum Gasteiger partial charge on any atom is 0.121 e. The molecule has 15 heavy (non-hydrogen) atoms. The predicted octanol–water partition coefficient (Wildman–Crippen LogP) is 0.659. The van der Waals surface area contributed by atoms with Gasteiger partial charge in [-0.1, -0.05) is 11.6 Å². The average Bonchev–Trinajstić information content (AvgIpc) is 2.21. The van der Waals surface area contributed by atoms with Crippen LogP contribution >= 0.6 is 11.6 Å². The first-order valence-corrected chi connectivity index (χ1v) is 4.93. The molecule has 0 saturated carbocycles. The first-order chi connectivity index (χ1) is 7.06. The summed E-state index contributed by atoms with van der Waals surface area (Å²) in [4.78, 5) is 0. The van der Waals surface area contributed by atoms with E-state index in [0.717, 1.165) is 0 Å². The molecule has 0 aliphatic rings. The maximum atomic E-state index is 9.72. The summed E-state index contributed by atoms with van der Waals surface area (Å²) in [6.45, 7) is 0.229. The highest BCUT2D eigenvalue weighted by Crippen LogP contribution is 2.28. The Morgan fingerprint density at radius 2 is 2.07 bits per heavy atom. The monoisotopic (exact) mass is 231 g/mol. The number of aliphatic hydroxyl groups excluding tert-OH is 2. The molecular weight excluding hydrogens is 218 g/mol. The first kappa shape index (κ1) is 12.3. The van der Waals surface area contributed by atoms with Crippen LogP contribution < -0.4 is 5.32 Å². The van der Waals surface area contributed by atoms with Gasteiger partial charge in [0, 0.05) is 17.1 Å². The van der Waals surface area contributed by atoms with E-state index in [4.69, 9.17) is 11.6 Å². The minimum absolute atomic E-state index is 0.0814. The highest BCUT2D eigenvalue weighted by molar-refractivity contribution is 6.30. The van der Waals surface area contributed by atoms with E-state index in [1.165, 1.54) is 18.2 Å².